The number of pyridine rings is 1. The third-order valence-electron chi connectivity index (χ3n) is 5.91. The maximum absolute atomic E-state index is 14.3. The van der Waals surface area contributed by atoms with Crippen LogP contribution in [0.2, 0.25) is 5.02 Å². The second kappa shape index (κ2) is 10.4. The molecular formula is C24H21ClF4N4O3S. The van der Waals surface area contributed by atoms with Gasteiger partial charge in [0.05, 0.1) is 21.7 Å². The number of halogens is 5. The first-order valence-electron chi connectivity index (χ1n) is 11.2. The molecule has 0 bridgehead atoms. The van der Waals surface area contributed by atoms with Crippen molar-refractivity contribution in [1.29, 1.82) is 0 Å². The molecule has 1 saturated heterocycles. The lowest BCUT2D eigenvalue weighted by Crippen LogP contribution is -2.40. The second-order valence-corrected chi connectivity index (χ2v) is 11.0. The van der Waals surface area contributed by atoms with Gasteiger partial charge in [-0.25, -0.2) is 27.2 Å². The van der Waals surface area contributed by atoms with Gasteiger partial charge in [0.25, 0.3) is 0 Å². The van der Waals surface area contributed by atoms with E-state index in [1.807, 2.05) is 0 Å². The van der Waals surface area contributed by atoms with Gasteiger partial charge in [-0.1, -0.05) is 11.6 Å². The van der Waals surface area contributed by atoms with Gasteiger partial charge >= 0.3 is 5.92 Å². The number of hydrogen-bond donors (Lipinski definition) is 0. The van der Waals surface area contributed by atoms with Gasteiger partial charge in [0.1, 0.15) is 12.0 Å². The van der Waals surface area contributed by atoms with Crippen LogP contribution < -0.4 is 0 Å². The summed E-state index contributed by atoms with van der Waals surface area (Å²) in [5.74, 6) is -4.97. The highest BCUT2D eigenvalue weighted by Crippen LogP contribution is 2.31. The number of carbonyl (C=O) groups is 1. The van der Waals surface area contributed by atoms with Crippen molar-refractivity contribution in [2.75, 3.05) is 6.54 Å². The third kappa shape index (κ3) is 5.97. The molecule has 2 aromatic heterocycles. The van der Waals surface area contributed by atoms with Gasteiger partial charge in [-0.3, -0.25) is 9.78 Å². The lowest BCUT2D eigenvalue weighted by atomic mass is 10.0. The fourth-order valence-corrected chi connectivity index (χ4v) is 5.84. The number of Topliss-reactive ketones (excluding diaryl/α,β-unsaturated/α-hetero) is 1. The van der Waals surface area contributed by atoms with Crippen molar-refractivity contribution in [1.82, 2.24) is 19.3 Å². The summed E-state index contributed by atoms with van der Waals surface area (Å²) >= 11 is 6.23. The van der Waals surface area contributed by atoms with E-state index in [0.717, 1.165) is 28.6 Å². The molecule has 1 aliphatic heterocycles. The first kappa shape index (κ1) is 27.1. The zero-order valence-corrected chi connectivity index (χ0v) is 21.0. The lowest BCUT2D eigenvalue weighted by Gasteiger charge is -2.23. The summed E-state index contributed by atoms with van der Waals surface area (Å²) in [6.45, 7) is 0.197. The Morgan fingerprint density at radius 1 is 1.14 bits per heavy atom. The summed E-state index contributed by atoms with van der Waals surface area (Å²) in [5, 5.41) is 0.236. The summed E-state index contributed by atoms with van der Waals surface area (Å²) < 4.78 is 81.1. The van der Waals surface area contributed by atoms with E-state index in [9.17, 15) is 30.8 Å². The summed E-state index contributed by atoms with van der Waals surface area (Å²) in [4.78, 5) is 24.3. The zero-order chi connectivity index (χ0) is 27.0. The Hall–Kier alpha value is -2.96. The van der Waals surface area contributed by atoms with Crippen molar-refractivity contribution in [3.8, 4) is 11.3 Å². The minimum Gasteiger partial charge on any atom is -0.298 e. The molecule has 0 unspecified atom stereocenters. The SMILES string of the molecule is CC(F)(F)c1ncc(-c2cc(CCC(=O)[C@@H]3C[C@@H](F)CN3S(=O)(=O)c3ccc(F)cc3)c(Cl)cn2)cn1. The van der Waals surface area contributed by atoms with Crippen molar-refractivity contribution in [3.63, 3.8) is 0 Å². The molecule has 7 nitrogen and oxygen atoms in total. The van der Waals surface area contributed by atoms with Gasteiger partial charge < -0.3 is 0 Å². The van der Waals surface area contributed by atoms with E-state index < -0.39 is 52.1 Å². The van der Waals surface area contributed by atoms with Gasteiger partial charge in [-0.05, 0) is 42.3 Å². The predicted molar refractivity (Wildman–Crippen MR) is 127 cm³/mol. The van der Waals surface area contributed by atoms with Crippen LogP contribution in [0.4, 0.5) is 17.6 Å². The summed E-state index contributed by atoms with van der Waals surface area (Å²) in [5.41, 5.74) is 1.18. The number of carbonyl (C=O) groups excluding carboxylic acids is 1. The number of sulfonamides is 1. The fraction of sp³-hybridized carbons (Fsp3) is 0.333. The molecule has 1 aromatic carbocycles. The standard InChI is InChI=1S/C24H21ClF4N4O3S/c1-24(28,29)23-31-10-15(11-32-23)20-8-14(19(25)12-30-20)2-7-22(34)21-9-17(27)13-33(21)37(35,36)18-5-3-16(26)4-6-18/h3-6,8,10-12,17,21H,2,7,9,13H2,1H3/t17-,21+/m1/s1. The number of nitrogens with zero attached hydrogens (tertiary/aromatic N) is 4. The number of benzene rings is 1. The number of rotatable bonds is 8. The number of ketones is 1. The second-order valence-electron chi connectivity index (χ2n) is 8.69. The van der Waals surface area contributed by atoms with Crippen LogP contribution in [-0.4, -0.2) is 52.2 Å². The highest BCUT2D eigenvalue weighted by atomic mass is 35.5. The van der Waals surface area contributed by atoms with Crippen LogP contribution in [0.3, 0.4) is 0 Å². The number of hydrogen-bond acceptors (Lipinski definition) is 6. The molecule has 0 amide bonds. The first-order valence-corrected chi connectivity index (χ1v) is 13.0. The topological polar surface area (TPSA) is 93.1 Å². The maximum atomic E-state index is 14.3. The van der Waals surface area contributed by atoms with Crippen LogP contribution in [0.25, 0.3) is 11.3 Å². The lowest BCUT2D eigenvalue weighted by molar-refractivity contribution is -0.122. The molecule has 0 aliphatic carbocycles. The summed E-state index contributed by atoms with van der Waals surface area (Å²) in [6, 6.07) is 4.41. The van der Waals surface area contributed by atoms with E-state index in [1.54, 1.807) is 6.07 Å². The third-order valence-corrected chi connectivity index (χ3v) is 8.14. The van der Waals surface area contributed by atoms with Crippen LogP contribution in [0, 0.1) is 5.82 Å². The normalized spacial score (nSPS) is 18.8. The highest BCUT2D eigenvalue weighted by Gasteiger charge is 2.43. The average Bonchev–Trinajstić information content (AvgIpc) is 3.26. The van der Waals surface area contributed by atoms with Crippen molar-refractivity contribution in [2.24, 2.45) is 0 Å². The molecule has 3 heterocycles. The van der Waals surface area contributed by atoms with Gasteiger partial charge in [0, 0.05) is 50.5 Å². The molecule has 0 N–H and O–H groups in total. The van der Waals surface area contributed by atoms with E-state index in [1.165, 1.54) is 18.6 Å². The van der Waals surface area contributed by atoms with Gasteiger partial charge in [-0.2, -0.15) is 13.1 Å². The fourth-order valence-electron chi connectivity index (χ4n) is 4.00. The first-order chi connectivity index (χ1) is 17.4. The highest BCUT2D eigenvalue weighted by molar-refractivity contribution is 7.89. The molecule has 1 fully saturated rings. The largest absolute Gasteiger partial charge is 0.303 e. The van der Waals surface area contributed by atoms with Crippen LogP contribution in [0.5, 0.6) is 0 Å². The molecule has 13 heteroatoms. The van der Waals surface area contributed by atoms with Crippen LogP contribution in [0.1, 0.15) is 31.2 Å². The van der Waals surface area contributed by atoms with Crippen LogP contribution in [-0.2, 0) is 27.2 Å². The molecule has 1 aliphatic rings. The molecular weight excluding hydrogens is 536 g/mol. The number of aromatic nitrogens is 3. The Morgan fingerprint density at radius 2 is 1.78 bits per heavy atom. The Balaban J connectivity index is 1.50. The van der Waals surface area contributed by atoms with Gasteiger partial charge in [-0.15, -0.1) is 0 Å². The smallest absolute Gasteiger partial charge is 0.298 e. The molecule has 0 spiro atoms. The Labute approximate surface area is 215 Å². The summed E-state index contributed by atoms with van der Waals surface area (Å²) in [6.07, 6.45) is 1.85. The average molecular weight is 557 g/mol. The molecule has 3 aromatic rings. The quantitative estimate of drug-likeness (QED) is 0.372. The Bertz CT molecular complexity index is 1400. The van der Waals surface area contributed by atoms with Crippen LogP contribution >= 0.6 is 11.6 Å². The van der Waals surface area contributed by atoms with Gasteiger partial charge in [0.15, 0.2) is 11.6 Å². The van der Waals surface area contributed by atoms with Crippen molar-refractivity contribution in [3.05, 3.63) is 71.2 Å². The van der Waals surface area contributed by atoms with E-state index in [0.29, 0.717) is 23.7 Å². The molecule has 4 rings (SSSR count). The summed E-state index contributed by atoms with van der Waals surface area (Å²) in [7, 11) is -4.23. The maximum Gasteiger partial charge on any atom is 0.303 e. The molecule has 2 atom stereocenters. The van der Waals surface area contributed by atoms with E-state index in [2.05, 4.69) is 15.0 Å². The van der Waals surface area contributed by atoms with Crippen molar-refractivity contribution in [2.45, 2.75) is 49.2 Å². The molecule has 37 heavy (non-hydrogen) atoms. The van der Waals surface area contributed by atoms with E-state index in [-0.39, 0.29) is 29.2 Å². The minimum absolute atomic E-state index is 0.0943. The molecule has 0 saturated carbocycles. The Kier molecular flexibility index (Phi) is 7.63. The predicted octanol–water partition coefficient (Wildman–Crippen LogP) is 4.75. The molecule has 196 valence electrons. The minimum atomic E-state index is -4.23. The van der Waals surface area contributed by atoms with E-state index in [4.69, 9.17) is 11.6 Å². The zero-order valence-electron chi connectivity index (χ0n) is 19.4. The Morgan fingerprint density at radius 3 is 2.41 bits per heavy atom. The number of alkyl halides is 3. The monoisotopic (exact) mass is 556 g/mol. The van der Waals surface area contributed by atoms with Crippen molar-refractivity contribution < 1.29 is 30.8 Å². The van der Waals surface area contributed by atoms with Gasteiger partial charge in [0.2, 0.25) is 10.0 Å². The van der Waals surface area contributed by atoms with Crippen molar-refractivity contribution >= 4 is 27.4 Å². The molecule has 0 radical (unpaired) electrons. The number of aryl methyl sites for hydroxylation is 1. The van der Waals surface area contributed by atoms with Crippen LogP contribution in [0.15, 0.2) is 53.8 Å². The van der Waals surface area contributed by atoms with E-state index >= 15 is 0 Å².